The summed E-state index contributed by atoms with van der Waals surface area (Å²) in [4.78, 5) is 1.47. The summed E-state index contributed by atoms with van der Waals surface area (Å²) in [6.45, 7) is -0.241. The third-order valence-corrected chi connectivity index (χ3v) is 2.69. The van der Waals surface area contributed by atoms with Crippen LogP contribution in [-0.4, -0.2) is 42.4 Å². The molecule has 0 heterocycles. The monoisotopic (exact) mass is 291 g/mol. The van der Waals surface area contributed by atoms with E-state index in [2.05, 4.69) is 0 Å². The maximum Gasteiger partial charge on any atom is 0.416 e. The Hall–Kier alpha value is -1.80. The van der Waals surface area contributed by atoms with Gasteiger partial charge in [-0.3, -0.25) is 5.41 Å². The van der Waals surface area contributed by atoms with Gasteiger partial charge < -0.3 is 20.8 Å². The first-order valence-corrected chi connectivity index (χ1v) is 5.83. The lowest BCUT2D eigenvalue weighted by Crippen LogP contribution is -2.32. The number of aliphatic hydroxyl groups excluding tert-OH is 2. The van der Waals surface area contributed by atoms with Crippen LogP contribution >= 0.6 is 0 Å². The highest BCUT2D eigenvalue weighted by Gasteiger charge is 2.31. The van der Waals surface area contributed by atoms with Crippen molar-refractivity contribution >= 4 is 11.5 Å². The average molecular weight is 291 g/mol. The summed E-state index contributed by atoms with van der Waals surface area (Å²) in [6, 6.07) is 2.85. The van der Waals surface area contributed by atoms with Gasteiger partial charge in [0, 0.05) is 24.3 Å². The number of nitrogen functional groups attached to an aromatic ring is 1. The van der Waals surface area contributed by atoms with Crippen molar-refractivity contribution in [3.05, 3.63) is 29.3 Å². The molecule has 20 heavy (non-hydrogen) atoms. The van der Waals surface area contributed by atoms with Crippen LogP contribution in [0.5, 0.6) is 0 Å². The molecule has 0 aliphatic carbocycles. The molecule has 0 saturated carbocycles. The summed E-state index contributed by atoms with van der Waals surface area (Å²) >= 11 is 0. The Labute approximate surface area is 113 Å². The van der Waals surface area contributed by atoms with Crippen molar-refractivity contribution in [3.8, 4) is 0 Å². The zero-order valence-corrected chi connectivity index (χ0v) is 10.6. The minimum atomic E-state index is -4.53. The zero-order valence-electron chi connectivity index (χ0n) is 10.6. The molecule has 0 aromatic heterocycles. The molecule has 112 valence electrons. The number of anilines is 1. The van der Waals surface area contributed by atoms with Crippen LogP contribution in [0.1, 0.15) is 11.1 Å². The zero-order chi connectivity index (χ0) is 15.3. The van der Waals surface area contributed by atoms with Gasteiger partial charge in [-0.25, -0.2) is 0 Å². The molecule has 5 N–H and O–H groups in total. The van der Waals surface area contributed by atoms with Gasteiger partial charge in [0.2, 0.25) is 0 Å². The quantitative estimate of drug-likeness (QED) is 0.460. The Morgan fingerprint density at radius 1 is 1.20 bits per heavy atom. The van der Waals surface area contributed by atoms with Crippen LogP contribution in [0.3, 0.4) is 0 Å². The number of hydrogen-bond acceptors (Lipinski definition) is 4. The van der Waals surface area contributed by atoms with Gasteiger partial charge in [0.05, 0.1) is 18.8 Å². The Morgan fingerprint density at radius 3 is 2.15 bits per heavy atom. The molecule has 0 radical (unpaired) electrons. The second-order valence-corrected chi connectivity index (χ2v) is 4.08. The fourth-order valence-corrected chi connectivity index (χ4v) is 1.80. The molecular weight excluding hydrogens is 275 g/mol. The Morgan fingerprint density at radius 2 is 1.75 bits per heavy atom. The Balaban J connectivity index is 3.28. The van der Waals surface area contributed by atoms with Gasteiger partial charge in [-0.2, -0.15) is 13.2 Å². The highest BCUT2D eigenvalue weighted by molar-refractivity contribution is 6.00. The van der Waals surface area contributed by atoms with E-state index in [1.807, 2.05) is 0 Å². The number of nitrogens with two attached hydrogens (primary N) is 1. The van der Waals surface area contributed by atoms with Crippen LogP contribution < -0.4 is 10.6 Å². The number of rotatable bonds is 6. The highest BCUT2D eigenvalue weighted by Crippen LogP contribution is 2.32. The van der Waals surface area contributed by atoms with Gasteiger partial charge in [0.25, 0.3) is 0 Å². The van der Waals surface area contributed by atoms with E-state index in [9.17, 15) is 13.2 Å². The summed E-state index contributed by atoms with van der Waals surface area (Å²) < 4.78 is 38.0. The van der Waals surface area contributed by atoms with E-state index in [1.165, 1.54) is 11.0 Å². The number of amidine groups is 1. The Bertz CT molecular complexity index is 472. The number of aliphatic hydroxyl groups is 2. The number of nitrogens with one attached hydrogen (secondary N) is 1. The maximum atomic E-state index is 12.7. The van der Waals surface area contributed by atoms with E-state index >= 15 is 0 Å². The lowest BCUT2D eigenvalue weighted by molar-refractivity contribution is -0.137. The molecule has 0 unspecified atom stereocenters. The molecule has 0 aliphatic rings. The van der Waals surface area contributed by atoms with Crippen LogP contribution in [0, 0.1) is 5.41 Å². The fraction of sp³-hybridized carbons (Fsp3) is 0.417. The van der Waals surface area contributed by atoms with Crippen molar-refractivity contribution in [2.75, 3.05) is 31.2 Å². The first kappa shape index (κ1) is 16.3. The summed E-state index contributed by atoms with van der Waals surface area (Å²) in [7, 11) is 0. The van der Waals surface area contributed by atoms with E-state index in [0.29, 0.717) is 0 Å². The molecule has 5 nitrogen and oxygen atoms in total. The third-order valence-electron chi connectivity index (χ3n) is 2.69. The third kappa shape index (κ3) is 3.84. The van der Waals surface area contributed by atoms with E-state index in [1.54, 1.807) is 0 Å². The van der Waals surface area contributed by atoms with Crippen molar-refractivity contribution in [1.82, 2.24) is 0 Å². The standard InChI is InChI=1S/C12H16F3N3O2/c13-12(14,15)8-1-2-10(9(7-8)11(16)17)18(3-5-19)4-6-20/h1-2,7,19-20H,3-6H2,(H3,16,17). The van der Waals surface area contributed by atoms with Gasteiger partial charge in [0.1, 0.15) is 5.84 Å². The largest absolute Gasteiger partial charge is 0.416 e. The Kier molecular flexibility index (Phi) is 5.34. The van der Waals surface area contributed by atoms with Crippen LogP contribution in [-0.2, 0) is 6.18 Å². The van der Waals surface area contributed by atoms with Crippen molar-refractivity contribution in [3.63, 3.8) is 0 Å². The van der Waals surface area contributed by atoms with Crippen molar-refractivity contribution in [1.29, 1.82) is 5.41 Å². The molecule has 0 amide bonds. The second-order valence-electron chi connectivity index (χ2n) is 4.08. The molecule has 1 rings (SSSR count). The molecule has 0 bridgehead atoms. The normalized spacial score (nSPS) is 11.4. The van der Waals surface area contributed by atoms with Crippen LogP contribution in [0.15, 0.2) is 18.2 Å². The van der Waals surface area contributed by atoms with Gasteiger partial charge in [-0.1, -0.05) is 0 Å². The van der Waals surface area contributed by atoms with E-state index < -0.39 is 17.6 Å². The van der Waals surface area contributed by atoms with Gasteiger partial charge >= 0.3 is 6.18 Å². The highest BCUT2D eigenvalue weighted by atomic mass is 19.4. The summed E-state index contributed by atoms with van der Waals surface area (Å²) in [5, 5.41) is 25.3. The molecule has 0 spiro atoms. The number of nitrogens with zero attached hydrogens (tertiary/aromatic N) is 1. The van der Waals surface area contributed by atoms with Gasteiger partial charge in [0.15, 0.2) is 0 Å². The molecule has 0 aliphatic heterocycles. The molecule has 0 saturated heterocycles. The molecular formula is C12H16F3N3O2. The van der Waals surface area contributed by atoms with E-state index in [0.717, 1.165) is 12.1 Å². The maximum absolute atomic E-state index is 12.7. The number of benzene rings is 1. The molecule has 8 heteroatoms. The lowest BCUT2D eigenvalue weighted by atomic mass is 10.1. The fourth-order valence-electron chi connectivity index (χ4n) is 1.80. The molecule has 0 atom stereocenters. The number of alkyl halides is 3. The molecule has 1 aromatic carbocycles. The van der Waals surface area contributed by atoms with Crippen molar-refractivity contribution in [2.45, 2.75) is 6.18 Å². The van der Waals surface area contributed by atoms with E-state index in [-0.39, 0.29) is 37.6 Å². The van der Waals surface area contributed by atoms with Crippen LogP contribution in [0.4, 0.5) is 18.9 Å². The first-order valence-electron chi connectivity index (χ1n) is 5.83. The summed E-state index contributed by atoms with van der Waals surface area (Å²) in [6.07, 6.45) is -4.53. The summed E-state index contributed by atoms with van der Waals surface area (Å²) in [5.74, 6) is -0.507. The predicted molar refractivity (Wildman–Crippen MR) is 68.8 cm³/mol. The van der Waals surface area contributed by atoms with Crippen LogP contribution in [0.2, 0.25) is 0 Å². The topological polar surface area (TPSA) is 93.6 Å². The van der Waals surface area contributed by atoms with Crippen molar-refractivity contribution < 1.29 is 23.4 Å². The van der Waals surface area contributed by atoms with Crippen molar-refractivity contribution in [2.24, 2.45) is 5.73 Å². The minimum absolute atomic E-state index is 0.0817. The molecule has 1 aromatic rings. The number of halogens is 3. The van der Waals surface area contributed by atoms with Gasteiger partial charge in [-0.05, 0) is 18.2 Å². The second kappa shape index (κ2) is 6.58. The SMILES string of the molecule is N=C(N)c1cc(C(F)(F)F)ccc1N(CCO)CCO. The first-order chi connectivity index (χ1) is 9.31. The average Bonchev–Trinajstić information content (AvgIpc) is 2.36. The minimum Gasteiger partial charge on any atom is -0.395 e. The molecule has 0 fully saturated rings. The lowest BCUT2D eigenvalue weighted by Gasteiger charge is -2.26. The summed E-state index contributed by atoms with van der Waals surface area (Å²) in [5.41, 5.74) is 4.61. The number of hydrogen-bond donors (Lipinski definition) is 4. The van der Waals surface area contributed by atoms with E-state index in [4.69, 9.17) is 21.4 Å². The predicted octanol–water partition coefficient (Wildman–Crippen LogP) is 0.780. The van der Waals surface area contributed by atoms with Gasteiger partial charge in [-0.15, -0.1) is 0 Å². The van der Waals surface area contributed by atoms with Crippen LogP contribution in [0.25, 0.3) is 0 Å². The smallest absolute Gasteiger partial charge is 0.395 e.